The highest BCUT2D eigenvalue weighted by atomic mass is 16.4. The molecule has 3 aromatic rings. The Kier molecular flexibility index (Phi) is 5.58. The van der Waals surface area contributed by atoms with Gasteiger partial charge < -0.3 is 18.6 Å². The highest BCUT2D eigenvalue weighted by Crippen LogP contribution is 2.35. The molecule has 3 heterocycles. The lowest BCUT2D eigenvalue weighted by Gasteiger charge is -2.26. The third-order valence-corrected chi connectivity index (χ3v) is 5.66. The number of fused-ring (bicyclic) bond motifs is 1. The summed E-state index contributed by atoms with van der Waals surface area (Å²) in [5, 5.41) is 0. The van der Waals surface area contributed by atoms with E-state index in [1.165, 1.54) is 11.4 Å². The summed E-state index contributed by atoms with van der Waals surface area (Å²) >= 11 is 0. The molecule has 0 radical (unpaired) electrons. The smallest absolute Gasteiger partial charge is 0.213 e. The van der Waals surface area contributed by atoms with Crippen LogP contribution in [0.5, 0.6) is 0 Å². The molecule has 0 saturated carbocycles. The highest BCUT2D eigenvalue weighted by Gasteiger charge is 2.25. The Labute approximate surface area is 185 Å². The largest absolute Gasteiger partial charge is 0.443 e. The van der Waals surface area contributed by atoms with Gasteiger partial charge in [-0.3, -0.25) is 0 Å². The number of oxazole rings is 2. The van der Waals surface area contributed by atoms with Crippen molar-refractivity contribution in [1.29, 1.82) is 0 Å². The topological polar surface area (TPSA) is 58.5 Å². The first-order valence-corrected chi connectivity index (χ1v) is 11.1. The zero-order chi connectivity index (χ0) is 22.2. The van der Waals surface area contributed by atoms with Crippen molar-refractivity contribution in [1.82, 2.24) is 9.97 Å². The lowest BCUT2D eigenvalue weighted by molar-refractivity contribution is 0.379. The van der Waals surface area contributed by atoms with Crippen LogP contribution >= 0.6 is 0 Å². The lowest BCUT2D eigenvalue weighted by Crippen LogP contribution is -2.23. The van der Waals surface area contributed by atoms with Gasteiger partial charge in [-0.25, -0.2) is 9.97 Å². The maximum atomic E-state index is 6.07. The number of rotatable bonds is 4. The highest BCUT2D eigenvalue weighted by molar-refractivity contribution is 5.72. The standard InChI is InChI=1S/C25H34N4O2/c1-24(2,3)20-14-26-22(30-20)16-28-12-9-13-29(19-11-8-7-10-18(19)28)17-23-27-15-21(31-23)25(4,5)6/h7-8,10-11,14-15H,9,12-13,16-17H2,1-6H3. The van der Waals surface area contributed by atoms with E-state index in [-0.39, 0.29) is 10.8 Å². The first-order valence-electron chi connectivity index (χ1n) is 11.1. The van der Waals surface area contributed by atoms with E-state index in [9.17, 15) is 0 Å². The third kappa shape index (κ3) is 4.78. The molecule has 0 saturated heterocycles. The van der Waals surface area contributed by atoms with Gasteiger partial charge in [0.1, 0.15) is 11.5 Å². The van der Waals surface area contributed by atoms with Gasteiger partial charge in [-0.15, -0.1) is 0 Å². The minimum atomic E-state index is -0.0410. The second-order valence-electron chi connectivity index (χ2n) is 10.4. The van der Waals surface area contributed by atoms with Gasteiger partial charge in [0.05, 0.1) is 36.9 Å². The molecule has 166 valence electrons. The van der Waals surface area contributed by atoms with E-state index >= 15 is 0 Å². The van der Waals surface area contributed by atoms with Crippen molar-refractivity contribution in [2.45, 2.75) is 71.9 Å². The Morgan fingerprint density at radius 3 is 1.52 bits per heavy atom. The number of hydrogen-bond donors (Lipinski definition) is 0. The molecule has 0 bridgehead atoms. The van der Waals surface area contributed by atoms with Gasteiger partial charge in [0.2, 0.25) is 11.8 Å². The summed E-state index contributed by atoms with van der Waals surface area (Å²) in [4.78, 5) is 13.8. The van der Waals surface area contributed by atoms with Gasteiger partial charge in [0, 0.05) is 23.9 Å². The Balaban J connectivity index is 1.56. The predicted octanol–water partition coefficient (Wildman–Crippen LogP) is 5.67. The van der Waals surface area contributed by atoms with Gasteiger partial charge in [-0.1, -0.05) is 53.7 Å². The summed E-state index contributed by atoms with van der Waals surface area (Å²) in [5.41, 5.74) is 2.30. The van der Waals surface area contributed by atoms with E-state index in [0.717, 1.165) is 42.8 Å². The molecule has 2 aromatic heterocycles. The summed E-state index contributed by atoms with van der Waals surface area (Å²) in [6.45, 7) is 16.1. The van der Waals surface area contributed by atoms with Crippen LogP contribution in [0.2, 0.25) is 0 Å². The molecule has 6 nitrogen and oxygen atoms in total. The van der Waals surface area contributed by atoms with Gasteiger partial charge in [0.15, 0.2) is 0 Å². The van der Waals surface area contributed by atoms with Crippen LogP contribution in [0.25, 0.3) is 0 Å². The second-order valence-corrected chi connectivity index (χ2v) is 10.4. The van der Waals surface area contributed by atoms with Crippen molar-refractivity contribution >= 4 is 11.4 Å². The minimum Gasteiger partial charge on any atom is -0.443 e. The molecule has 0 atom stereocenters. The average molecular weight is 423 g/mol. The second kappa shape index (κ2) is 8.06. The van der Waals surface area contributed by atoms with Crippen molar-refractivity contribution in [2.75, 3.05) is 22.9 Å². The molecule has 0 aliphatic carbocycles. The zero-order valence-electron chi connectivity index (χ0n) is 19.6. The molecule has 0 amide bonds. The zero-order valence-corrected chi connectivity index (χ0v) is 19.6. The van der Waals surface area contributed by atoms with Crippen molar-refractivity contribution in [3.05, 3.63) is 60.0 Å². The number of anilines is 2. The molecule has 1 aliphatic heterocycles. The van der Waals surface area contributed by atoms with Crippen LogP contribution < -0.4 is 9.80 Å². The summed E-state index contributed by atoms with van der Waals surface area (Å²) in [6.07, 6.45) is 4.76. The Morgan fingerprint density at radius 1 is 0.742 bits per heavy atom. The third-order valence-electron chi connectivity index (χ3n) is 5.66. The molecule has 0 unspecified atom stereocenters. The normalized spacial score (nSPS) is 15.2. The molecule has 31 heavy (non-hydrogen) atoms. The Morgan fingerprint density at radius 2 is 1.16 bits per heavy atom. The molecule has 6 heteroatoms. The lowest BCUT2D eigenvalue weighted by atomic mass is 9.94. The number of benzene rings is 1. The van der Waals surface area contributed by atoms with Crippen LogP contribution in [-0.2, 0) is 23.9 Å². The van der Waals surface area contributed by atoms with E-state index in [2.05, 4.69) is 85.6 Å². The van der Waals surface area contributed by atoms with Gasteiger partial charge >= 0.3 is 0 Å². The summed E-state index contributed by atoms with van der Waals surface area (Å²) in [5.74, 6) is 3.36. The molecule has 0 fully saturated rings. The Bertz CT molecular complexity index is 941. The van der Waals surface area contributed by atoms with E-state index in [4.69, 9.17) is 8.83 Å². The first-order chi connectivity index (χ1) is 14.6. The molecule has 1 aromatic carbocycles. The molecule has 0 spiro atoms. The van der Waals surface area contributed by atoms with Crippen LogP contribution in [0.1, 0.15) is 71.3 Å². The van der Waals surface area contributed by atoms with Gasteiger partial charge in [-0.05, 0) is 18.6 Å². The van der Waals surface area contributed by atoms with Crippen LogP contribution in [0.15, 0.2) is 45.5 Å². The van der Waals surface area contributed by atoms with Gasteiger partial charge in [0.25, 0.3) is 0 Å². The van der Waals surface area contributed by atoms with Crippen molar-refractivity contribution in [2.24, 2.45) is 0 Å². The number of para-hydroxylation sites is 2. The van der Waals surface area contributed by atoms with Crippen molar-refractivity contribution in [3.8, 4) is 0 Å². The van der Waals surface area contributed by atoms with Crippen LogP contribution in [-0.4, -0.2) is 23.1 Å². The molecular weight excluding hydrogens is 388 g/mol. The fraction of sp³-hybridized carbons (Fsp3) is 0.520. The van der Waals surface area contributed by atoms with E-state index in [0.29, 0.717) is 13.1 Å². The SMILES string of the molecule is CC(C)(C)c1cnc(CN2CCCN(Cc3ncc(C(C)(C)C)o3)c3ccccc32)o1. The predicted molar refractivity (Wildman–Crippen MR) is 124 cm³/mol. The van der Waals surface area contributed by atoms with E-state index < -0.39 is 0 Å². The summed E-state index contributed by atoms with van der Waals surface area (Å²) < 4.78 is 12.1. The maximum absolute atomic E-state index is 6.07. The molecule has 1 aliphatic rings. The summed E-state index contributed by atoms with van der Waals surface area (Å²) in [6, 6.07) is 8.54. The molecule has 4 rings (SSSR count). The summed E-state index contributed by atoms with van der Waals surface area (Å²) in [7, 11) is 0. The average Bonchev–Trinajstić information content (AvgIpc) is 3.32. The quantitative estimate of drug-likeness (QED) is 0.539. The Hall–Kier alpha value is -2.76. The molecule has 0 N–H and O–H groups in total. The maximum Gasteiger partial charge on any atom is 0.213 e. The fourth-order valence-electron chi connectivity index (χ4n) is 3.81. The molecular formula is C25H34N4O2. The van der Waals surface area contributed by atoms with Crippen molar-refractivity contribution in [3.63, 3.8) is 0 Å². The van der Waals surface area contributed by atoms with Crippen molar-refractivity contribution < 1.29 is 8.83 Å². The number of aromatic nitrogens is 2. The first kappa shape index (κ1) is 21.5. The van der Waals surface area contributed by atoms with Crippen LogP contribution in [0.4, 0.5) is 11.4 Å². The minimum absolute atomic E-state index is 0.0410. The number of hydrogen-bond acceptors (Lipinski definition) is 6. The fourth-order valence-corrected chi connectivity index (χ4v) is 3.81. The van der Waals surface area contributed by atoms with Crippen LogP contribution in [0.3, 0.4) is 0 Å². The van der Waals surface area contributed by atoms with E-state index in [1.807, 2.05) is 12.4 Å². The van der Waals surface area contributed by atoms with Crippen LogP contribution in [0, 0.1) is 0 Å². The monoisotopic (exact) mass is 422 g/mol. The van der Waals surface area contributed by atoms with E-state index in [1.54, 1.807) is 0 Å². The number of nitrogens with zero attached hydrogens (tertiary/aromatic N) is 4. The van der Waals surface area contributed by atoms with Gasteiger partial charge in [-0.2, -0.15) is 0 Å².